The minimum atomic E-state index is -1.02. The smallest absolute Gasteiger partial charge is 0.417 e. The summed E-state index contributed by atoms with van der Waals surface area (Å²) in [5.41, 5.74) is 7.28. The zero-order valence-corrected chi connectivity index (χ0v) is 20.1. The number of imidazole rings is 1. The Kier molecular flexibility index (Phi) is 5.75. The maximum atomic E-state index is 12.0. The Labute approximate surface area is 202 Å². The first kappa shape index (κ1) is 22.0. The Morgan fingerprint density at radius 2 is 1.82 bits per heavy atom. The molecule has 0 saturated heterocycles. The average molecular weight is 468 g/mol. The summed E-state index contributed by atoms with van der Waals surface area (Å²) in [4.78, 5) is 21.6. The number of fused-ring (bicyclic) bond motifs is 1. The number of thiazole rings is 1. The van der Waals surface area contributed by atoms with Crippen molar-refractivity contribution in [3.8, 4) is 10.6 Å². The standard InChI is InChI=1S/C28H25N3O2S/c1-17-8-7-11-23(18(17)2)19(3)26-29-22(16-31(26)28(32)33)14-20-12-13-25-24(15-20)30-27(34-25)21-9-5-4-6-10-21/h4-13,15-16,19H,14H2,1-3H3,(H,32,33)/t19-/m0/s1. The van der Waals surface area contributed by atoms with E-state index in [1.165, 1.54) is 15.7 Å². The highest BCUT2D eigenvalue weighted by atomic mass is 32.1. The van der Waals surface area contributed by atoms with Crippen molar-refractivity contribution in [3.63, 3.8) is 0 Å². The van der Waals surface area contributed by atoms with Gasteiger partial charge in [-0.2, -0.15) is 0 Å². The van der Waals surface area contributed by atoms with E-state index in [4.69, 9.17) is 9.97 Å². The van der Waals surface area contributed by atoms with Crippen molar-refractivity contribution in [2.45, 2.75) is 33.1 Å². The van der Waals surface area contributed by atoms with Crippen LogP contribution in [0.2, 0.25) is 0 Å². The predicted octanol–water partition coefficient (Wildman–Crippen LogP) is 7.05. The summed E-state index contributed by atoms with van der Waals surface area (Å²) >= 11 is 1.67. The molecule has 5 aromatic rings. The average Bonchev–Trinajstić information content (AvgIpc) is 3.45. The molecule has 1 N–H and O–H groups in total. The van der Waals surface area contributed by atoms with E-state index in [-0.39, 0.29) is 5.92 Å². The van der Waals surface area contributed by atoms with Crippen LogP contribution in [0.1, 0.15) is 46.6 Å². The zero-order valence-electron chi connectivity index (χ0n) is 19.3. The van der Waals surface area contributed by atoms with Gasteiger partial charge in [-0.3, -0.25) is 0 Å². The van der Waals surface area contributed by atoms with Crippen LogP contribution >= 0.6 is 11.3 Å². The second-order valence-corrected chi connectivity index (χ2v) is 9.65. The third-order valence-corrected chi connectivity index (χ3v) is 7.43. The van der Waals surface area contributed by atoms with Crippen LogP contribution < -0.4 is 0 Å². The summed E-state index contributed by atoms with van der Waals surface area (Å²) in [6.45, 7) is 6.15. The van der Waals surface area contributed by atoms with Crippen molar-refractivity contribution in [2.24, 2.45) is 0 Å². The van der Waals surface area contributed by atoms with E-state index in [9.17, 15) is 9.90 Å². The number of hydrogen-bond acceptors (Lipinski definition) is 4. The van der Waals surface area contributed by atoms with Crippen LogP contribution in [0.4, 0.5) is 4.79 Å². The monoisotopic (exact) mass is 467 g/mol. The van der Waals surface area contributed by atoms with Gasteiger partial charge in [-0.15, -0.1) is 11.3 Å². The number of benzene rings is 3. The molecule has 2 heterocycles. The second kappa shape index (κ2) is 8.88. The maximum absolute atomic E-state index is 12.0. The van der Waals surface area contributed by atoms with Gasteiger partial charge >= 0.3 is 6.09 Å². The van der Waals surface area contributed by atoms with Gasteiger partial charge in [0.2, 0.25) is 0 Å². The fourth-order valence-corrected chi connectivity index (χ4v) is 5.32. The second-order valence-electron chi connectivity index (χ2n) is 8.62. The lowest BCUT2D eigenvalue weighted by Gasteiger charge is -2.16. The molecule has 1 atom stereocenters. The van der Waals surface area contributed by atoms with Gasteiger partial charge in [0.25, 0.3) is 0 Å². The molecule has 34 heavy (non-hydrogen) atoms. The summed E-state index contributed by atoms with van der Waals surface area (Å²) in [6.07, 6.45) is 1.16. The molecule has 0 spiro atoms. The molecule has 5 rings (SSSR count). The van der Waals surface area contributed by atoms with Crippen molar-refractivity contribution in [3.05, 3.63) is 107 Å². The summed E-state index contributed by atoms with van der Waals surface area (Å²) < 4.78 is 2.39. The first-order chi connectivity index (χ1) is 16.4. The summed E-state index contributed by atoms with van der Waals surface area (Å²) in [6, 6.07) is 22.5. The van der Waals surface area contributed by atoms with Crippen molar-refractivity contribution in [1.82, 2.24) is 14.5 Å². The van der Waals surface area contributed by atoms with Crippen molar-refractivity contribution in [1.29, 1.82) is 0 Å². The molecule has 5 nitrogen and oxygen atoms in total. The quantitative estimate of drug-likeness (QED) is 0.301. The minimum Gasteiger partial charge on any atom is -0.464 e. The molecule has 6 heteroatoms. The minimum absolute atomic E-state index is 0.140. The fourth-order valence-electron chi connectivity index (χ4n) is 4.37. The number of carboxylic acid groups (broad SMARTS) is 1. The van der Waals surface area contributed by atoms with E-state index in [1.54, 1.807) is 17.5 Å². The molecule has 3 aromatic carbocycles. The highest BCUT2D eigenvalue weighted by Crippen LogP contribution is 2.32. The van der Waals surface area contributed by atoms with Crippen molar-refractivity contribution in [2.75, 3.05) is 0 Å². The van der Waals surface area contributed by atoms with Gasteiger partial charge in [0.1, 0.15) is 10.8 Å². The van der Waals surface area contributed by atoms with Crippen LogP contribution in [0.15, 0.2) is 72.9 Å². The molecule has 0 aliphatic heterocycles. The fraction of sp³-hybridized carbons (Fsp3) is 0.179. The van der Waals surface area contributed by atoms with Crippen LogP contribution in [-0.4, -0.2) is 25.7 Å². The molecular formula is C28H25N3O2S. The number of hydrogen-bond donors (Lipinski definition) is 1. The maximum Gasteiger partial charge on any atom is 0.417 e. The molecule has 2 aromatic heterocycles. The Bertz CT molecular complexity index is 1500. The third-order valence-electron chi connectivity index (χ3n) is 6.35. The normalized spacial score (nSPS) is 12.2. The van der Waals surface area contributed by atoms with Gasteiger partial charge < -0.3 is 5.11 Å². The Morgan fingerprint density at radius 1 is 1.03 bits per heavy atom. The van der Waals surface area contributed by atoms with Gasteiger partial charge in [0, 0.05) is 24.1 Å². The number of aromatic nitrogens is 3. The van der Waals surface area contributed by atoms with E-state index < -0.39 is 6.09 Å². The molecular weight excluding hydrogens is 442 g/mol. The van der Waals surface area contributed by atoms with E-state index in [1.807, 2.05) is 37.3 Å². The van der Waals surface area contributed by atoms with Gasteiger partial charge in [0.15, 0.2) is 0 Å². The van der Waals surface area contributed by atoms with Crippen molar-refractivity contribution < 1.29 is 9.90 Å². The summed E-state index contributed by atoms with van der Waals surface area (Å²) in [5, 5.41) is 10.8. The first-order valence-electron chi connectivity index (χ1n) is 11.2. The lowest BCUT2D eigenvalue weighted by molar-refractivity contribution is 0.195. The molecule has 0 saturated carbocycles. The number of carbonyl (C=O) groups is 1. The van der Waals surface area contributed by atoms with Crippen LogP contribution in [0.3, 0.4) is 0 Å². The Hall–Kier alpha value is -3.77. The first-order valence-corrected chi connectivity index (χ1v) is 12.0. The van der Waals surface area contributed by atoms with Crippen LogP contribution in [0, 0.1) is 13.8 Å². The number of nitrogens with zero attached hydrogens (tertiary/aromatic N) is 3. The highest BCUT2D eigenvalue weighted by molar-refractivity contribution is 7.21. The summed E-state index contributed by atoms with van der Waals surface area (Å²) in [7, 11) is 0. The van der Waals surface area contributed by atoms with E-state index >= 15 is 0 Å². The van der Waals surface area contributed by atoms with Gasteiger partial charge in [-0.1, -0.05) is 61.5 Å². The molecule has 0 fully saturated rings. The molecule has 0 aliphatic rings. The molecule has 0 aliphatic carbocycles. The van der Waals surface area contributed by atoms with Crippen LogP contribution in [0.5, 0.6) is 0 Å². The third kappa shape index (κ3) is 4.13. The Balaban J connectivity index is 1.46. The highest BCUT2D eigenvalue weighted by Gasteiger charge is 2.22. The van der Waals surface area contributed by atoms with Gasteiger partial charge in [0.05, 0.1) is 15.9 Å². The predicted molar refractivity (Wildman–Crippen MR) is 137 cm³/mol. The number of aryl methyl sites for hydroxylation is 1. The lowest BCUT2D eigenvalue weighted by Crippen LogP contribution is -2.14. The van der Waals surface area contributed by atoms with Crippen molar-refractivity contribution >= 4 is 27.6 Å². The molecule has 0 bridgehead atoms. The van der Waals surface area contributed by atoms with Crippen LogP contribution in [0.25, 0.3) is 20.8 Å². The molecule has 0 unspecified atom stereocenters. The molecule has 170 valence electrons. The largest absolute Gasteiger partial charge is 0.464 e. The zero-order chi connectivity index (χ0) is 23.8. The van der Waals surface area contributed by atoms with Gasteiger partial charge in [-0.25, -0.2) is 19.3 Å². The SMILES string of the molecule is Cc1cccc([C@H](C)c2nc(Cc3ccc4sc(-c5ccccc5)nc4c3)cn2C(=O)O)c1C. The summed E-state index contributed by atoms with van der Waals surface area (Å²) in [5.74, 6) is 0.400. The van der Waals surface area contributed by atoms with Gasteiger partial charge in [-0.05, 0) is 48.2 Å². The van der Waals surface area contributed by atoms with E-state index in [0.29, 0.717) is 12.2 Å². The molecule has 0 radical (unpaired) electrons. The topological polar surface area (TPSA) is 68.0 Å². The van der Waals surface area contributed by atoms with E-state index in [2.05, 4.69) is 50.2 Å². The molecule has 0 amide bonds. The van der Waals surface area contributed by atoms with Crippen LogP contribution in [-0.2, 0) is 6.42 Å². The number of rotatable bonds is 5. The Morgan fingerprint density at radius 3 is 2.59 bits per heavy atom. The lowest BCUT2D eigenvalue weighted by atomic mass is 9.93. The van der Waals surface area contributed by atoms with E-state index in [0.717, 1.165) is 37.6 Å².